The summed E-state index contributed by atoms with van der Waals surface area (Å²) in [6, 6.07) is 9.97. The lowest BCUT2D eigenvalue weighted by Gasteiger charge is -2.10. The van der Waals surface area contributed by atoms with Crippen LogP contribution in [-0.4, -0.2) is 24.2 Å². The van der Waals surface area contributed by atoms with Crippen molar-refractivity contribution in [2.75, 3.05) is 14.2 Å². The van der Waals surface area contributed by atoms with Crippen molar-refractivity contribution in [1.82, 2.24) is 15.3 Å². The van der Waals surface area contributed by atoms with Crippen LogP contribution in [0.15, 0.2) is 42.7 Å². The van der Waals surface area contributed by atoms with Crippen molar-refractivity contribution in [1.29, 1.82) is 0 Å². The average Bonchev–Trinajstić information content (AvgIpc) is 2.98. The fourth-order valence-corrected chi connectivity index (χ4v) is 2.49. The lowest BCUT2D eigenvalue weighted by atomic mass is 10.2. The number of aromatic amines is 1. The molecule has 2 heterocycles. The molecule has 0 saturated heterocycles. The van der Waals surface area contributed by atoms with E-state index in [1.807, 2.05) is 30.5 Å². The molecular formula is C17H19N3O2. The summed E-state index contributed by atoms with van der Waals surface area (Å²) in [6.45, 7) is 1.54. The van der Waals surface area contributed by atoms with Crippen LogP contribution in [0.2, 0.25) is 0 Å². The Morgan fingerprint density at radius 3 is 2.77 bits per heavy atom. The summed E-state index contributed by atoms with van der Waals surface area (Å²) in [5, 5.41) is 4.60. The van der Waals surface area contributed by atoms with E-state index in [4.69, 9.17) is 9.47 Å². The van der Waals surface area contributed by atoms with Crippen LogP contribution in [-0.2, 0) is 13.1 Å². The minimum Gasteiger partial charge on any atom is -0.493 e. The number of fused-ring (bicyclic) bond motifs is 1. The number of benzene rings is 1. The molecule has 22 heavy (non-hydrogen) atoms. The number of ether oxygens (including phenoxy) is 2. The van der Waals surface area contributed by atoms with Gasteiger partial charge in [0.05, 0.1) is 14.2 Å². The highest BCUT2D eigenvalue weighted by Gasteiger charge is 2.06. The molecule has 0 unspecified atom stereocenters. The van der Waals surface area contributed by atoms with Gasteiger partial charge in [0.15, 0.2) is 11.5 Å². The van der Waals surface area contributed by atoms with Gasteiger partial charge in [-0.3, -0.25) is 0 Å². The first-order chi connectivity index (χ1) is 10.8. The summed E-state index contributed by atoms with van der Waals surface area (Å²) in [5.74, 6) is 1.49. The molecule has 0 radical (unpaired) electrons. The van der Waals surface area contributed by atoms with Gasteiger partial charge in [-0.2, -0.15) is 0 Å². The van der Waals surface area contributed by atoms with Gasteiger partial charge in [-0.25, -0.2) is 4.98 Å². The van der Waals surface area contributed by atoms with E-state index in [0.717, 1.165) is 41.2 Å². The molecule has 2 aromatic heterocycles. The molecule has 2 N–H and O–H groups in total. The second-order valence-corrected chi connectivity index (χ2v) is 5.01. The van der Waals surface area contributed by atoms with E-state index < -0.39 is 0 Å². The number of H-pyrrole nitrogens is 1. The second-order valence-electron chi connectivity index (χ2n) is 5.01. The predicted molar refractivity (Wildman–Crippen MR) is 86.2 cm³/mol. The Bertz CT molecular complexity index is 767. The van der Waals surface area contributed by atoms with E-state index in [2.05, 4.69) is 21.4 Å². The van der Waals surface area contributed by atoms with E-state index >= 15 is 0 Å². The average molecular weight is 297 g/mol. The molecule has 5 heteroatoms. The molecule has 0 aliphatic rings. The Kier molecular flexibility index (Phi) is 4.25. The van der Waals surface area contributed by atoms with Crippen LogP contribution in [0.3, 0.4) is 0 Å². The lowest BCUT2D eigenvalue weighted by molar-refractivity contribution is 0.354. The smallest absolute Gasteiger partial charge is 0.161 e. The maximum absolute atomic E-state index is 5.32. The SMILES string of the molecule is COc1ccc(CNCc2c[nH]c3ncccc23)cc1OC. The monoisotopic (exact) mass is 297 g/mol. The highest BCUT2D eigenvalue weighted by atomic mass is 16.5. The van der Waals surface area contributed by atoms with E-state index in [0.29, 0.717) is 0 Å². The van der Waals surface area contributed by atoms with Gasteiger partial charge in [-0.15, -0.1) is 0 Å². The first-order valence-electron chi connectivity index (χ1n) is 7.14. The van der Waals surface area contributed by atoms with Gasteiger partial charge in [0, 0.05) is 30.9 Å². The molecule has 3 rings (SSSR count). The van der Waals surface area contributed by atoms with Crippen LogP contribution in [0.5, 0.6) is 11.5 Å². The number of hydrogen-bond donors (Lipinski definition) is 2. The zero-order valence-electron chi connectivity index (χ0n) is 12.7. The van der Waals surface area contributed by atoms with Crippen molar-refractivity contribution in [2.24, 2.45) is 0 Å². The Morgan fingerprint density at radius 1 is 1.09 bits per heavy atom. The highest BCUT2D eigenvalue weighted by molar-refractivity contribution is 5.79. The summed E-state index contributed by atoms with van der Waals surface area (Å²) in [7, 11) is 3.29. The van der Waals surface area contributed by atoms with Gasteiger partial charge in [0.1, 0.15) is 5.65 Å². The van der Waals surface area contributed by atoms with Gasteiger partial charge < -0.3 is 19.8 Å². The van der Waals surface area contributed by atoms with Crippen molar-refractivity contribution < 1.29 is 9.47 Å². The summed E-state index contributed by atoms with van der Waals surface area (Å²) in [6.07, 6.45) is 3.79. The highest BCUT2D eigenvalue weighted by Crippen LogP contribution is 2.27. The van der Waals surface area contributed by atoms with Gasteiger partial charge in [0.25, 0.3) is 0 Å². The minimum absolute atomic E-state index is 0.744. The number of rotatable bonds is 6. The minimum atomic E-state index is 0.744. The predicted octanol–water partition coefficient (Wildman–Crippen LogP) is 2.87. The Hall–Kier alpha value is -2.53. The van der Waals surface area contributed by atoms with Gasteiger partial charge in [0.2, 0.25) is 0 Å². The van der Waals surface area contributed by atoms with E-state index in [-0.39, 0.29) is 0 Å². The fourth-order valence-electron chi connectivity index (χ4n) is 2.49. The number of pyridine rings is 1. The third kappa shape index (κ3) is 2.89. The summed E-state index contributed by atoms with van der Waals surface area (Å²) < 4.78 is 10.6. The molecule has 0 aliphatic heterocycles. The maximum Gasteiger partial charge on any atom is 0.161 e. The summed E-state index contributed by atoms with van der Waals surface area (Å²) >= 11 is 0. The molecular weight excluding hydrogens is 278 g/mol. The third-order valence-corrected chi connectivity index (χ3v) is 3.63. The number of methoxy groups -OCH3 is 2. The lowest BCUT2D eigenvalue weighted by Crippen LogP contribution is -2.12. The standard InChI is InChI=1S/C17H19N3O2/c1-21-15-6-5-12(8-16(15)22-2)9-18-10-13-11-20-17-14(13)4-3-7-19-17/h3-8,11,18H,9-10H2,1-2H3,(H,19,20). The number of nitrogens with one attached hydrogen (secondary N) is 2. The van der Waals surface area contributed by atoms with Crippen LogP contribution < -0.4 is 14.8 Å². The Labute approximate surface area is 129 Å². The van der Waals surface area contributed by atoms with E-state index in [1.165, 1.54) is 5.56 Å². The zero-order valence-corrected chi connectivity index (χ0v) is 12.7. The normalized spacial score (nSPS) is 10.8. The summed E-state index contributed by atoms with van der Waals surface area (Å²) in [4.78, 5) is 7.48. The van der Waals surface area contributed by atoms with E-state index in [9.17, 15) is 0 Å². The largest absolute Gasteiger partial charge is 0.493 e. The first-order valence-corrected chi connectivity index (χ1v) is 7.14. The molecule has 0 bridgehead atoms. The number of nitrogens with zero attached hydrogens (tertiary/aromatic N) is 1. The topological polar surface area (TPSA) is 59.2 Å². The molecule has 0 atom stereocenters. The second kappa shape index (κ2) is 6.49. The van der Waals surface area contributed by atoms with Crippen molar-refractivity contribution >= 4 is 11.0 Å². The van der Waals surface area contributed by atoms with E-state index in [1.54, 1.807) is 20.4 Å². The molecule has 0 amide bonds. The molecule has 0 aliphatic carbocycles. The van der Waals surface area contributed by atoms with Crippen molar-refractivity contribution in [3.63, 3.8) is 0 Å². The maximum atomic E-state index is 5.32. The Morgan fingerprint density at radius 2 is 1.95 bits per heavy atom. The number of hydrogen-bond acceptors (Lipinski definition) is 4. The molecule has 5 nitrogen and oxygen atoms in total. The van der Waals surface area contributed by atoms with Gasteiger partial charge in [-0.1, -0.05) is 6.07 Å². The van der Waals surface area contributed by atoms with Crippen molar-refractivity contribution in [2.45, 2.75) is 13.1 Å². The first kappa shape index (κ1) is 14.4. The van der Waals surface area contributed by atoms with Crippen LogP contribution in [0.25, 0.3) is 11.0 Å². The van der Waals surface area contributed by atoms with Crippen molar-refractivity contribution in [3.8, 4) is 11.5 Å². The molecule has 3 aromatic rings. The molecule has 1 aromatic carbocycles. The Balaban J connectivity index is 1.66. The van der Waals surface area contributed by atoms with Crippen LogP contribution in [0, 0.1) is 0 Å². The quantitative estimate of drug-likeness (QED) is 0.734. The number of aromatic nitrogens is 2. The molecule has 0 saturated carbocycles. The fraction of sp³-hybridized carbons (Fsp3) is 0.235. The van der Waals surface area contributed by atoms with Crippen LogP contribution in [0.1, 0.15) is 11.1 Å². The van der Waals surface area contributed by atoms with Crippen LogP contribution >= 0.6 is 0 Å². The van der Waals surface area contributed by atoms with Gasteiger partial charge in [-0.05, 0) is 35.4 Å². The molecule has 114 valence electrons. The molecule has 0 fully saturated rings. The van der Waals surface area contributed by atoms with Crippen LogP contribution in [0.4, 0.5) is 0 Å². The zero-order chi connectivity index (χ0) is 15.4. The van der Waals surface area contributed by atoms with Crippen molar-refractivity contribution in [3.05, 3.63) is 53.9 Å². The van der Waals surface area contributed by atoms with Gasteiger partial charge >= 0.3 is 0 Å². The molecule has 0 spiro atoms. The third-order valence-electron chi connectivity index (χ3n) is 3.63. The summed E-state index contributed by atoms with van der Waals surface area (Å²) in [5.41, 5.74) is 3.28.